The number of hydrogen-bond acceptors (Lipinski definition) is 4. The number of allylic oxidation sites excluding steroid dienone is 1. The molecule has 1 unspecified atom stereocenters. The van der Waals surface area contributed by atoms with Gasteiger partial charge >= 0.3 is 0 Å². The van der Waals surface area contributed by atoms with Gasteiger partial charge in [0, 0.05) is 36.6 Å². The van der Waals surface area contributed by atoms with E-state index in [9.17, 15) is 9.18 Å². The third-order valence-electron chi connectivity index (χ3n) is 6.40. The van der Waals surface area contributed by atoms with Crippen molar-refractivity contribution in [2.75, 3.05) is 19.0 Å². The maximum atomic E-state index is 14.2. The van der Waals surface area contributed by atoms with Gasteiger partial charge in [-0.05, 0) is 60.4 Å². The van der Waals surface area contributed by atoms with E-state index in [-0.39, 0.29) is 17.0 Å². The Labute approximate surface area is 210 Å². The zero-order chi connectivity index (χ0) is 24.0. The number of benzene rings is 2. The van der Waals surface area contributed by atoms with E-state index in [0.717, 1.165) is 35.4 Å². The monoisotopic (exact) mass is 503 g/mol. The molecular weight excluding hydrogens is 473 g/mol. The lowest BCUT2D eigenvalue weighted by molar-refractivity contribution is -0.151. The Morgan fingerprint density at radius 3 is 2.65 bits per heavy atom. The predicted octanol–water partition coefficient (Wildman–Crippen LogP) is 6.41. The molecule has 1 aliphatic heterocycles. The largest absolute Gasteiger partial charge is 0.381 e. The molecule has 0 spiro atoms. The number of hydrogen-bond donors (Lipinski definition) is 1. The Morgan fingerprint density at radius 2 is 2.00 bits per heavy atom. The van der Waals surface area contributed by atoms with Crippen LogP contribution >= 0.6 is 23.4 Å². The lowest BCUT2D eigenvalue weighted by Crippen LogP contribution is -2.40. The van der Waals surface area contributed by atoms with E-state index in [1.165, 1.54) is 11.0 Å². The Hall–Kier alpha value is -1.86. The summed E-state index contributed by atoms with van der Waals surface area (Å²) in [6.45, 7) is 3.28. The van der Waals surface area contributed by atoms with Crippen molar-refractivity contribution in [2.45, 2.75) is 62.0 Å². The van der Waals surface area contributed by atoms with Crippen LogP contribution in [0.1, 0.15) is 50.2 Å². The zero-order valence-corrected chi connectivity index (χ0v) is 21.0. The minimum absolute atomic E-state index is 0.000878. The van der Waals surface area contributed by atoms with Crippen LogP contribution in [0.15, 0.2) is 59.1 Å². The van der Waals surface area contributed by atoms with Gasteiger partial charge in [-0.15, -0.1) is 11.8 Å². The number of carbonyl (C=O) groups excluding carboxylic acids is 1. The molecule has 1 N–H and O–H groups in total. The van der Waals surface area contributed by atoms with Gasteiger partial charge in [-0.25, -0.2) is 4.39 Å². The summed E-state index contributed by atoms with van der Waals surface area (Å²) in [5.41, 5.74) is 2.18. The van der Waals surface area contributed by atoms with Crippen LogP contribution in [0, 0.1) is 5.82 Å². The number of thioether (sulfide) groups is 1. The molecule has 1 atom stereocenters. The van der Waals surface area contributed by atoms with Gasteiger partial charge in [0.25, 0.3) is 0 Å². The van der Waals surface area contributed by atoms with Gasteiger partial charge in [0.05, 0.1) is 23.1 Å². The van der Waals surface area contributed by atoms with Crippen molar-refractivity contribution in [3.05, 3.63) is 76.2 Å². The van der Waals surface area contributed by atoms with Crippen molar-refractivity contribution in [3.63, 3.8) is 0 Å². The van der Waals surface area contributed by atoms with Gasteiger partial charge in [0.15, 0.2) is 0 Å². The summed E-state index contributed by atoms with van der Waals surface area (Å²) in [5, 5.41) is 3.18. The first-order chi connectivity index (χ1) is 16.5. The minimum atomic E-state index is -0.578. The van der Waals surface area contributed by atoms with Gasteiger partial charge < -0.3 is 14.8 Å². The molecular formula is C27H31ClFNO3S. The predicted molar refractivity (Wildman–Crippen MR) is 135 cm³/mol. The van der Waals surface area contributed by atoms with E-state index in [1.54, 1.807) is 17.8 Å². The quantitative estimate of drug-likeness (QED) is 0.423. The maximum absolute atomic E-state index is 14.2. The number of amides is 1. The van der Waals surface area contributed by atoms with Crippen LogP contribution in [0.2, 0.25) is 5.02 Å². The standard InChI is InChI=1S/C27H31ClFNO3S/c1-2-34-23-10-3-19(4-11-23)17-26(31)30-21-6-8-22(9-7-21)33-27(13-15-32-16-14-27)20-5-12-24(28)25(29)18-20/h3-6,10-12,18,22H,2,7-9,13-17H2,1H3,(H,30,31). The first-order valence-electron chi connectivity index (χ1n) is 11.9. The molecule has 182 valence electrons. The summed E-state index contributed by atoms with van der Waals surface area (Å²) in [4.78, 5) is 13.8. The lowest BCUT2D eigenvalue weighted by Gasteiger charge is -2.41. The molecule has 0 bridgehead atoms. The van der Waals surface area contributed by atoms with Crippen molar-refractivity contribution >= 4 is 29.3 Å². The molecule has 34 heavy (non-hydrogen) atoms. The summed E-state index contributed by atoms with van der Waals surface area (Å²) in [6, 6.07) is 13.1. The molecule has 1 amide bonds. The first kappa shape index (κ1) is 25.2. The van der Waals surface area contributed by atoms with Crippen LogP contribution in [0.5, 0.6) is 0 Å². The van der Waals surface area contributed by atoms with Crippen LogP contribution in [0.4, 0.5) is 4.39 Å². The molecule has 1 fully saturated rings. The molecule has 1 aliphatic carbocycles. The Kier molecular flexibility index (Phi) is 8.70. The molecule has 1 heterocycles. The average molecular weight is 504 g/mol. The average Bonchev–Trinajstić information content (AvgIpc) is 2.84. The van der Waals surface area contributed by atoms with Crippen LogP contribution in [-0.2, 0) is 26.3 Å². The fourth-order valence-electron chi connectivity index (χ4n) is 4.58. The van der Waals surface area contributed by atoms with Crippen LogP contribution < -0.4 is 5.32 Å². The fourth-order valence-corrected chi connectivity index (χ4v) is 5.36. The zero-order valence-electron chi connectivity index (χ0n) is 19.4. The summed E-state index contributed by atoms with van der Waals surface area (Å²) in [6.07, 6.45) is 6.01. The van der Waals surface area contributed by atoms with E-state index >= 15 is 0 Å². The van der Waals surface area contributed by atoms with Crippen LogP contribution in [-0.4, -0.2) is 31.0 Å². The molecule has 0 aromatic heterocycles. The minimum Gasteiger partial charge on any atom is -0.381 e. The number of nitrogens with one attached hydrogen (secondary N) is 1. The highest BCUT2D eigenvalue weighted by molar-refractivity contribution is 7.99. The van der Waals surface area contributed by atoms with Crippen LogP contribution in [0.3, 0.4) is 0 Å². The molecule has 2 aromatic rings. The fraction of sp³-hybridized carbons (Fsp3) is 0.444. The van der Waals surface area contributed by atoms with Crippen molar-refractivity contribution in [2.24, 2.45) is 0 Å². The maximum Gasteiger partial charge on any atom is 0.228 e. The van der Waals surface area contributed by atoms with Crippen molar-refractivity contribution in [3.8, 4) is 0 Å². The molecule has 0 radical (unpaired) electrons. The second-order valence-corrected chi connectivity index (χ2v) is 10.5. The van der Waals surface area contributed by atoms with E-state index in [4.69, 9.17) is 21.1 Å². The van der Waals surface area contributed by atoms with E-state index in [2.05, 4.69) is 30.4 Å². The number of halogens is 2. The van der Waals surface area contributed by atoms with Gasteiger partial charge in [0.1, 0.15) is 5.82 Å². The van der Waals surface area contributed by atoms with E-state index < -0.39 is 11.4 Å². The molecule has 2 aromatic carbocycles. The van der Waals surface area contributed by atoms with Gasteiger partial charge in [-0.3, -0.25) is 4.79 Å². The topological polar surface area (TPSA) is 47.6 Å². The highest BCUT2D eigenvalue weighted by atomic mass is 35.5. The summed E-state index contributed by atoms with van der Waals surface area (Å²) < 4.78 is 26.4. The molecule has 7 heteroatoms. The lowest BCUT2D eigenvalue weighted by atomic mass is 9.85. The van der Waals surface area contributed by atoms with E-state index in [0.29, 0.717) is 38.9 Å². The summed E-state index contributed by atoms with van der Waals surface area (Å²) in [7, 11) is 0. The highest BCUT2D eigenvalue weighted by Gasteiger charge is 2.38. The normalized spacial score (nSPS) is 20.0. The third-order valence-corrected chi connectivity index (χ3v) is 7.60. The summed E-state index contributed by atoms with van der Waals surface area (Å²) in [5.74, 6) is 0.601. The molecule has 4 nitrogen and oxygen atoms in total. The molecule has 4 rings (SSSR count). The SMILES string of the molecule is CCSc1ccc(CC(=O)NC2=CCC(OC3(c4ccc(Cl)c(F)c4)CCOCC3)CC2)cc1. The summed E-state index contributed by atoms with van der Waals surface area (Å²) >= 11 is 7.69. The van der Waals surface area contributed by atoms with E-state index in [1.807, 2.05) is 18.2 Å². The van der Waals surface area contributed by atoms with Crippen molar-refractivity contribution in [1.29, 1.82) is 0 Å². The molecule has 1 saturated heterocycles. The third kappa shape index (κ3) is 6.42. The van der Waals surface area contributed by atoms with Gasteiger partial charge in [0.2, 0.25) is 5.91 Å². The smallest absolute Gasteiger partial charge is 0.228 e. The van der Waals surface area contributed by atoms with Gasteiger partial charge in [-0.2, -0.15) is 0 Å². The molecule has 0 saturated carbocycles. The highest BCUT2D eigenvalue weighted by Crippen LogP contribution is 2.40. The molecule has 2 aliphatic rings. The Morgan fingerprint density at radius 1 is 1.24 bits per heavy atom. The number of rotatable bonds is 8. The number of ether oxygens (including phenoxy) is 2. The Balaban J connectivity index is 1.34. The van der Waals surface area contributed by atoms with Crippen LogP contribution in [0.25, 0.3) is 0 Å². The van der Waals surface area contributed by atoms with Crippen molar-refractivity contribution in [1.82, 2.24) is 5.32 Å². The first-order valence-corrected chi connectivity index (χ1v) is 13.3. The Bertz CT molecular complexity index is 1020. The van der Waals surface area contributed by atoms with Gasteiger partial charge in [-0.1, -0.05) is 42.8 Å². The second kappa shape index (κ2) is 11.7. The second-order valence-electron chi connectivity index (χ2n) is 8.78. The van der Waals surface area contributed by atoms with Crippen molar-refractivity contribution < 1.29 is 18.7 Å². The number of carbonyl (C=O) groups is 1.